The van der Waals surface area contributed by atoms with Crippen molar-refractivity contribution in [3.05, 3.63) is 63.1 Å². The Morgan fingerprint density at radius 3 is 2.42 bits per heavy atom. The minimum absolute atomic E-state index is 0.0364. The molecule has 0 aliphatic heterocycles. The Kier molecular flexibility index (Phi) is 5.58. The van der Waals surface area contributed by atoms with E-state index in [2.05, 4.69) is 4.72 Å². The molecule has 1 aliphatic rings. The molecule has 0 amide bonds. The summed E-state index contributed by atoms with van der Waals surface area (Å²) in [7, 11) is -3.82. The van der Waals surface area contributed by atoms with Gasteiger partial charge in [-0.25, -0.2) is 17.9 Å². The molecule has 5 nitrogen and oxygen atoms in total. The molecule has 2 aromatic carbocycles. The smallest absolute Gasteiger partial charge is 0.340 e. The molecule has 2 aromatic rings. The van der Waals surface area contributed by atoms with Crippen LogP contribution in [-0.2, 0) is 21.4 Å². The van der Waals surface area contributed by atoms with Crippen molar-refractivity contribution in [1.82, 2.24) is 4.72 Å². The zero-order chi connectivity index (χ0) is 18.9. The summed E-state index contributed by atoms with van der Waals surface area (Å²) < 4.78 is 32.6. The van der Waals surface area contributed by atoms with Crippen LogP contribution >= 0.6 is 23.2 Å². The molecule has 1 N–H and O–H groups in total. The van der Waals surface area contributed by atoms with Crippen molar-refractivity contribution >= 4 is 39.2 Å². The number of rotatable bonds is 6. The third kappa shape index (κ3) is 4.57. The lowest BCUT2D eigenvalue weighted by atomic mass is 10.2. The van der Waals surface area contributed by atoms with E-state index in [1.54, 1.807) is 0 Å². The van der Waals surface area contributed by atoms with Gasteiger partial charge in [-0.1, -0.05) is 53.0 Å². The van der Waals surface area contributed by atoms with Gasteiger partial charge >= 0.3 is 5.97 Å². The van der Waals surface area contributed by atoms with E-state index in [4.69, 9.17) is 27.9 Å². The summed E-state index contributed by atoms with van der Waals surface area (Å²) in [4.78, 5) is 12.2. The number of carbonyl (C=O) groups excluding carboxylic acids is 1. The Labute approximate surface area is 162 Å². The van der Waals surface area contributed by atoms with Crippen molar-refractivity contribution in [2.45, 2.75) is 37.3 Å². The normalized spacial score (nSPS) is 14.3. The van der Waals surface area contributed by atoms with E-state index in [-0.39, 0.29) is 33.2 Å². The zero-order valence-electron chi connectivity index (χ0n) is 14.0. The highest BCUT2D eigenvalue weighted by Crippen LogP contribution is 2.31. The van der Waals surface area contributed by atoms with E-state index in [1.807, 2.05) is 31.2 Å². The first kappa shape index (κ1) is 19.2. The third-order valence-corrected chi connectivity index (χ3v) is 6.22. The summed E-state index contributed by atoms with van der Waals surface area (Å²) in [6.45, 7) is 2.02. The SMILES string of the molecule is Cc1ccc(COC(=O)c2cc(S(=O)(=O)NC3CC3)c(Cl)cc2Cl)cc1. The largest absolute Gasteiger partial charge is 0.457 e. The molecule has 8 heteroatoms. The van der Waals surface area contributed by atoms with Crippen LogP contribution in [0.3, 0.4) is 0 Å². The van der Waals surface area contributed by atoms with Gasteiger partial charge in [0.1, 0.15) is 11.5 Å². The van der Waals surface area contributed by atoms with Crippen molar-refractivity contribution in [3.63, 3.8) is 0 Å². The molecule has 1 saturated carbocycles. The van der Waals surface area contributed by atoms with Gasteiger partial charge in [0.05, 0.1) is 15.6 Å². The van der Waals surface area contributed by atoms with Gasteiger partial charge in [-0.2, -0.15) is 0 Å². The number of aryl methyl sites for hydroxylation is 1. The Balaban J connectivity index is 1.80. The van der Waals surface area contributed by atoms with E-state index in [9.17, 15) is 13.2 Å². The molecule has 0 heterocycles. The molecular formula is C18H17Cl2NO4S. The standard InChI is InChI=1S/C18H17Cl2NO4S/c1-11-2-4-12(5-3-11)10-25-18(22)14-8-17(16(20)9-15(14)19)26(23,24)21-13-6-7-13/h2-5,8-9,13,21H,6-7,10H2,1H3. The van der Waals surface area contributed by atoms with Gasteiger partial charge in [-0.05, 0) is 37.5 Å². The third-order valence-electron chi connectivity index (χ3n) is 3.92. The minimum atomic E-state index is -3.82. The number of sulfonamides is 1. The second-order valence-electron chi connectivity index (χ2n) is 6.22. The molecule has 0 bridgehead atoms. The van der Waals surface area contributed by atoms with Gasteiger partial charge in [0.2, 0.25) is 10.0 Å². The van der Waals surface area contributed by atoms with Crippen LogP contribution in [0.1, 0.15) is 34.3 Å². The predicted octanol–water partition coefficient (Wildman–Crippen LogP) is 4.10. The van der Waals surface area contributed by atoms with Crippen LogP contribution in [0.15, 0.2) is 41.3 Å². The summed E-state index contributed by atoms with van der Waals surface area (Å²) >= 11 is 12.1. The van der Waals surface area contributed by atoms with Crippen molar-refractivity contribution in [2.75, 3.05) is 0 Å². The Morgan fingerprint density at radius 2 is 1.81 bits per heavy atom. The van der Waals surface area contributed by atoms with Gasteiger partial charge in [0, 0.05) is 6.04 Å². The number of benzene rings is 2. The van der Waals surface area contributed by atoms with E-state index in [1.165, 1.54) is 6.07 Å². The number of esters is 1. The number of nitrogens with one attached hydrogen (secondary N) is 1. The summed E-state index contributed by atoms with van der Waals surface area (Å²) in [5.74, 6) is -0.713. The molecule has 3 rings (SSSR count). The van der Waals surface area contributed by atoms with Crippen LogP contribution < -0.4 is 4.72 Å². The quantitative estimate of drug-likeness (QED) is 0.723. The highest BCUT2D eigenvalue weighted by atomic mass is 35.5. The molecule has 138 valence electrons. The van der Waals surface area contributed by atoms with Gasteiger partial charge in [-0.3, -0.25) is 0 Å². The second-order valence-corrected chi connectivity index (χ2v) is 8.72. The van der Waals surface area contributed by atoms with Crippen LogP contribution in [0.25, 0.3) is 0 Å². The number of hydrogen-bond acceptors (Lipinski definition) is 4. The second kappa shape index (κ2) is 7.56. The van der Waals surface area contributed by atoms with Gasteiger partial charge in [0.15, 0.2) is 0 Å². The average Bonchev–Trinajstić information content (AvgIpc) is 3.37. The number of hydrogen-bond donors (Lipinski definition) is 1. The molecular weight excluding hydrogens is 397 g/mol. The Bertz CT molecular complexity index is 938. The van der Waals surface area contributed by atoms with E-state index in [0.29, 0.717) is 0 Å². The van der Waals surface area contributed by atoms with E-state index >= 15 is 0 Å². The van der Waals surface area contributed by atoms with Crippen LogP contribution in [0.4, 0.5) is 0 Å². The Hall–Kier alpha value is -1.60. The van der Waals surface area contributed by atoms with Crippen molar-refractivity contribution in [2.24, 2.45) is 0 Å². The minimum Gasteiger partial charge on any atom is -0.457 e. The van der Waals surface area contributed by atoms with Crippen molar-refractivity contribution in [3.8, 4) is 0 Å². The molecule has 0 saturated heterocycles. The lowest BCUT2D eigenvalue weighted by molar-refractivity contribution is 0.0472. The van der Waals surface area contributed by atoms with E-state index in [0.717, 1.165) is 30.0 Å². The molecule has 0 aromatic heterocycles. The van der Waals surface area contributed by atoms with Crippen LogP contribution in [0, 0.1) is 6.92 Å². The van der Waals surface area contributed by atoms with Gasteiger partial charge in [-0.15, -0.1) is 0 Å². The molecule has 0 atom stereocenters. The number of halogens is 2. The van der Waals surface area contributed by atoms with Crippen LogP contribution in [0.2, 0.25) is 10.0 Å². The van der Waals surface area contributed by atoms with Crippen LogP contribution in [-0.4, -0.2) is 20.4 Å². The van der Waals surface area contributed by atoms with Crippen molar-refractivity contribution < 1.29 is 17.9 Å². The number of carbonyl (C=O) groups is 1. The Morgan fingerprint density at radius 1 is 1.15 bits per heavy atom. The fourth-order valence-electron chi connectivity index (χ4n) is 2.29. The first-order valence-electron chi connectivity index (χ1n) is 8.00. The molecule has 0 spiro atoms. The maximum absolute atomic E-state index is 12.4. The lowest BCUT2D eigenvalue weighted by Gasteiger charge is -2.11. The molecule has 0 radical (unpaired) electrons. The fraction of sp³-hybridized carbons (Fsp3) is 0.278. The average molecular weight is 414 g/mol. The maximum Gasteiger partial charge on any atom is 0.340 e. The lowest BCUT2D eigenvalue weighted by Crippen LogP contribution is -2.26. The zero-order valence-corrected chi connectivity index (χ0v) is 16.3. The van der Waals surface area contributed by atoms with Gasteiger partial charge < -0.3 is 4.74 Å². The predicted molar refractivity (Wildman–Crippen MR) is 100 cm³/mol. The molecule has 1 aliphatic carbocycles. The summed E-state index contributed by atoms with van der Waals surface area (Å²) in [6.07, 6.45) is 1.58. The maximum atomic E-state index is 12.4. The topological polar surface area (TPSA) is 72.5 Å². The fourth-order valence-corrected chi connectivity index (χ4v) is 4.44. The first-order valence-corrected chi connectivity index (χ1v) is 10.2. The highest BCUT2D eigenvalue weighted by Gasteiger charge is 2.30. The molecule has 1 fully saturated rings. The molecule has 0 unspecified atom stereocenters. The van der Waals surface area contributed by atoms with Crippen LogP contribution in [0.5, 0.6) is 0 Å². The number of ether oxygens (including phenoxy) is 1. The summed E-state index contributed by atoms with van der Waals surface area (Å²) in [6, 6.07) is 9.84. The monoisotopic (exact) mass is 413 g/mol. The van der Waals surface area contributed by atoms with E-state index < -0.39 is 16.0 Å². The summed E-state index contributed by atoms with van der Waals surface area (Å²) in [5.41, 5.74) is 1.87. The summed E-state index contributed by atoms with van der Waals surface area (Å²) in [5, 5.41) is -0.00693. The van der Waals surface area contributed by atoms with Crippen molar-refractivity contribution in [1.29, 1.82) is 0 Å². The van der Waals surface area contributed by atoms with Gasteiger partial charge in [0.25, 0.3) is 0 Å². The first-order chi connectivity index (χ1) is 12.3. The molecule has 26 heavy (non-hydrogen) atoms. The highest BCUT2D eigenvalue weighted by molar-refractivity contribution is 7.89.